The van der Waals surface area contributed by atoms with E-state index in [1.807, 2.05) is 25.1 Å². The second kappa shape index (κ2) is 7.75. The van der Waals surface area contributed by atoms with Crippen LogP contribution in [0.3, 0.4) is 0 Å². The average molecular weight is 278 g/mol. The number of hydrogen-bond acceptors (Lipinski definition) is 4. The number of amides is 1. The van der Waals surface area contributed by atoms with Crippen molar-refractivity contribution in [3.63, 3.8) is 0 Å². The van der Waals surface area contributed by atoms with E-state index in [1.165, 1.54) is 0 Å². The van der Waals surface area contributed by atoms with Crippen molar-refractivity contribution in [3.8, 4) is 11.5 Å². The number of ether oxygens (including phenoxy) is 2. The Hall–Kier alpha value is -1.75. The molecule has 2 rings (SSSR count). The van der Waals surface area contributed by atoms with Crippen LogP contribution in [0.5, 0.6) is 11.5 Å². The normalized spacial score (nSPS) is 13.7. The SMILES string of the molecule is CCNC(=O)CCNCc1ccc2c(c1)OCCCO2. The van der Waals surface area contributed by atoms with Gasteiger partial charge >= 0.3 is 0 Å². The van der Waals surface area contributed by atoms with Crippen LogP contribution >= 0.6 is 0 Å². The van der Waals surface area contributed by atoms with Gasteiger partial charge in [0.1, 0.15) is 0 Å². The molecule has 5 heteroatoms. The molecule has 2 N–H and O–H groups in total. The van der Waals surface area contributed by atoms with E-state index >= 15 is 0 Å². The van der Waals surface area contributed by atoms with Gasteiger partial charge in [-0.05, 0) is 24.6 Å². The van der Waals surface area contributed by atoms with Crippen molar-refractivity contribution in [2.75, 3.05) is 26.3 Å². The first-order valence-corrected chi connectivity index (χ1v) is 7.15. The molecular formula is C15H22N2O3. The van der Waals surface area contributed by atoms with Crippen LogP contribution in [0.15, 0.2) is 18.2 Å². The molecule has 0 aliphatic carbocycles. The Morgan fingerprint density at radius 2 is 2.05 bits per heavy atom. The molecule has 1 aromatic rings. The van der Waals surface area contributed by atoms with Gasteiger partial charge in [0.25, 0.3) is 0 Å². The molecule has 1 heterocycles. The second-order valence-corrected chi connectivity index (χ2v) is 4.71. The van der Waals surface area contributed by atoms with Crippen LogP contribution in [0.25, 0.3) is 0 Å². The first-order chi connectivity index (χ1) is 9.79. The summed E-state index contributed by atoms with van der Waals surface area (Å²) in [6, 6.07) is 5.97. The molecule has 5 nitrogen and oxygen atoms in total. The largest absolute Gasteiger partial charge is 0.490 e. The number of fused-ring (bicyclic) bond motifs is 1. The molecule has 1 aromatic carbocycles. The number of rotatable bonds is 6. The topological polar surface area (TPSA) is 59.6 Å². The van der Waals surface area contributed by atoms with Crippen LogP contribution < -0.4 is 20.1 Å². The molecule has 0 atom stereocenters. The predicted octanol–water partition coefficient (Wildman–Crippen LogP) is 1.46. The van der Waals surface area contributed by atoms with Crippen LogP contribution in [0, 0.1) is 0 Å². The van der Waals surface area contributed by atoms with Gasteiger partial charge in [0.05, 0.1) is 13.2 Å². The lowest BCUT2D eigenvalue weighted by molar-refractivity contribution is -0.120. The summed E-state index contributed by atoms with van der Waals surface area (Å²) in [5.74, 6) is 1.71. The van der Waals surface area contributed by atoms with Gasteiger partial charge in [-0.15, -0.1) is 0 Å². The molecule has 0 aromatic heterocycles. The minimum absolute atomic E-state index is 0.0821. The highest BCUT2D eigenvalue weighted by atomic mass is 16.5. The number of benzene rings is 1. The molecule has 0 unspecified atom stereocenters. The predicted molar refractivity (Wildman–Crippen MR) is 77.1 cm³/mol. The first-order valence-electron chi connectivity index (χ1n) is 7.15. The van der Waals surface area contributed by atoms with E-state index in [-0.39, 0.29) is 5.91 Å². The van der Waals surface area contributed by atoms with E-state index in [4.69, 9.17) is 9.47 Å². The zero-order chi connectivity index (χ0) is 14.2. The molecular weight excluding hydrogens is 256 g/mol. The summed E-state index contributed by atoms with van der Waals surface area (Å²) in [5.41, 5.74) is 1.13. The summed E-state index contributed by atoms with van der Waals surface area (Å²) < 4.78 is 11.2. The van der Waals surface area contributed by atoms with Crippen LogP contribution in [0.4, 0.5) is 0 Å². The number of hydrogen-bond donors (Lipinski definition) is 2. The highest BCUT2D eigenvalue weighted by Gasteiger charge is 2.10. The van der Waals surface area contributed by atoms with Gasteiger partial charge in [0, 0.05) is 32.5 Å². The van der Waals surface area contributed by atoms with E-state index in [0.29, 0.717) is 32.7 Å². The van der Waals surface area contributed by atoms with Gasteiger partial charge in [0.2, 0.25) is 5.91 Å². The number of carbonyl (C=O) groups is 1. The highest BCUT2D eigenvalue weighted by molar-refractivity contribution is 5.75. The summed E-state index contributed by atoms with van der Waals surface area (Å²) in [7, 11) is 0. The molecule has 0 saturated heterocycles. The fourth-order valence-corrected chi connectivity index (χ4v) is 2.04. The van der Waals surface area contributed by atoms with Gasteiger partial charge < -0.3 is 20.1 Å². The minimum Gasteiger partial charge on any atom is -0.490 e. The van der Waals surface area contributed by atoms with Crippen LogP contribution in [-0.4, -0.2) is 32.2 Å². The highest BCUT2D eigenvalue weighted by Crippen LogP contribution is 2.30. The second-order valence-electron chi connectivity index (χ2n) is 4.71. The average Bonchev–Trinajstić information content (AvgIpc) is 2.68. The standard InChI is InChI=1S/C15H22N2O3/c1-2-17-15(18)6-7-16-11-12-4-5-13-14(10-12)20-9-3-8-19-13/h4-5,10,16H,2-3,6-9,11H2,1H3,(H,17,18). The fourth-order valence-electron chi connectivity index (χ4n) is 2.04. The first kappa shape index (κ1) is 14.7. The third-order valence-corrected chi connectivity index (χ3v) is 3.04. The zero-order valence-electron chi connectivity index (χ0n) is 11.9. The number of nitrogens with one attached hydrogen (secondary N) is 2. The van der Waals surface area contributed by atoms with E-state index < -0.39 is 0 Å². The quantitative estimate of drug-likeness (QED) is 0.774. The molecule has 1 aliphatic rings. The maximum atomic E-state index is 11.3. The Kier molecular flexibility index (Phi) is 5.68. The Balaban J connectivity index is 1.79. The Bertz CT molecular complexity index is 449. The molecule has 110 valence electrons. The molecule has 1 amide bonds. The zero-order valence-corrected chi connectivity index (χ0v) is 11.9. The maximum Gasteiger partial charge on any atom is 0.221 e. The van der Waals surface area contributed by atoms with Crippen LogP contribution in [0.1, 0.15) is 25.3 Å². The van der Waals surface area contributed by atoms with E-state index in [1.54, 1.807) is 0 Å². The molecule has 0 saturated carbocycles. The van der Waals surface area contributed by atoms with E-state index in [2.05, 4.69) is 10.6 Å². The third kappa shape index (κ3) is 4.42. The van der Waals surface area contributed by atoms with Crippen molar-refractivity contribution in [1.29, 1.82) is 0 Å². The number of carbonyl (C=O) groups excluding carboxylic acids is 1. The van der Waals surface area contributed by atoms with Crippen molar-refractivity contribution >= 4 is 5.91 Å². The van der Waals surface area contributed by atoms with Crippen molar-refractivity contribution in [2.24, 2.45) is 0 Å². The van der Waals surface area contributed by atoms with Gasteiger partial charge in [-0.3, -0.25) is 4.79 Å². The maximum absolute atomic E-state index is 11.3. The lowest BCUT2D eigenvalue weighted by Crippen LogP contribution is -2.27. The van der Waals surface area contributed by atoms with Gasteiger partial charge in [-0.25, -0.2) is 0 Å². The van der Waals surface area contributed by atoms with Crippen molar-refractivity contribution in [2.45, 2.75) is 26.3 Å². The monoisotopic (exact) mass is 278 g/mol. The van der Waals surface area contributed by atoms with Crippen LogP contribution in [-0.2, 0) is 11.3 Å². The van der Waals surface area contributed by atoms with Crippen LogP contribution in [0.2, 0.25) is 0 Å². The smallest absolute Gasteiger partial charge is 0.221 e. The minimum atomic E-state index is 0.0821. The molecule has 0 fully saturated rings. The Morgan fingerprint density at radius 1 is 1.25 bits per heavy atom. The molecule has 0 spiro atoms. The Labute approximate surface area is 119 Å². The summed E-state index contributed by atoms with van der Waals surface area (Å²) in [6.45, 7) is 5.39. The van der Waals surface area contributed by atoms with E-state index in [9.17, 15) is 4.79 Å². The van der Waals surface area contributed by atoms with Crippen molar-refractivity contribution in [3.05, 3.63) is 23.8 Å². The summed E-state index contributed by atoms with van der Waals surface area (Å²) >= 11 is 0. The molecule has 0 radical (unpaired) electrons. The van der Waals surface area contributed by atoms with Gasteiger partial charge in [0.15, 0.2) is 11.5 Å². The van der Waals surface area contributed by atoms with Gasteiger partial charge in [-0.1, -0.05) is 6.07 Å². The summed E-state index contributed by atoms with van der Waals surface area (Å²) in [6.07, 6.45) is 1.41. The van der Waals surface area contributed by atoms with Gasteiger partial charge in [-0.2, -0.15) is 0 Å². The molecule has 0 bridgehead atoms. The lowest BCUT2D eigenvalue weighted by Gasteiger charge is -2.10. The Morgan fingerprint density at radius 3 is 2.85 bits per heavy atom. The fraction of sp³-hybridized carbons (Fsp3) is 0.533. The van der Waals surface area contributed by atoms with Crippen molar-refractivity contribution < 1.29 is 14.3 Å². The molecule has 1 aliphatic heterocycles. The summed E-state index contributed by atoms with van der Waals surface area (Å²) in [4.78, 5) is 11.3. The molecule has 20 heavy (non-hydrogen) atoms. The lowest BCUT2D eigenvalue weighted by atomic mass is 10.2. The van der Waals surface area contributed by atoms with E-state index in [0.717, 1.165) is 30.0 Å². The summed E-state index contributed by atoms with van der Waals surface area (Å²) in [5, 5.41) is 6.03. The van der Waals surface area contributed by atoms with Crippen molar-refractivity contribution in [1.82, 2.24) is 10.6 Å². The third-order valence-electron chi connectivity index (χ3n) is 3.04.